The molecule has 1 amide bonds. The number of rotatable bonds is 3. The third-order valence-corrected chi connectivity index (χ3v) is 5.24. The number of thioether (sulfide) groups is 1. The van der Waals surface area contributed by atoms with E-state index in [1.807, 2.05) is 46.8 Å². The fourth-order valence-electron chi connectivity index (χ4n) is 2.79. The van der Waals surface area contributed by atoms with Crippen molar-refractivity contribution in [3.8, 4) is 5.69 Å². The fourth-order valence-corrected chi connectivity index (χ4v) is 3.82. The van der Waals surface area contributed by atoms with Crippen LogP contribution < -0.4 is 5.32 Å². The van der Waals surface area contributed by atoms with Crippen molar-refractivity contribution in [1.82, 2.24) is 9.78 Å². The maximum atomic E-state index is 12.3. The van der Waals surface area contributed by atoms with Crippen LogP contribution in [0.4, 0.5) is 5.82 Å². The maximum Gasteiger partial charge on any atom is 0.228 e. The predicted octanol–water partition coefficient (Wildman–Crippen LogP) is 3.36. The van der Waals surface area contributed by atoms with Gasteiger partial charge >= 0.3 is 0 Å². The monoisotopic (exact) mass is 299 g/mol. The zero-order chi connectivity index (χ0) is 14.2. The second-order valence-electron chi connectivity index (χ2n) is 5.63. The highest BCUT2D eigenvalue weighted by Gasteiger charge is 2.29. The van der Waals surface area contributed by atoms with E-state index in [0.717, 1.165) is 41.5 Å². The normalized spacial score (nSPS) is 17.3. The first-order chi connectivity index (χ1) is 10.3. The highest BCUT2D eigenvalue weighted by atomic mass is 32.2. The van der Waals surface area contributed by atoms with Gasteiger partial charge in [0.15, 0.2) is 0 Å². The van der Waals surface area contributed by atoms with E-state index in [1.54, 1.807) is 0 Å². The van der Waals surface area contributed by atoms with Crippen molar-refractivity contribution in [2.24, 2.45) is 5.92 Å². The number of nitrogens with one attached hydrogen (secondary N) is 1. The largest absolute Gasteiger partial charge is 0.310 e. The third-order valence-electron chi connectivity index (χ3n) is 4.27. The summed E-state index contributed by atoms with van der Waals surface area (Å²) >= 11 is 1.86. The summed E-state index contributed by atoms with van der Waals surface area (Å²) in [7, 11) is 0. The highest BCUT2D eigenvalue weighted by molar-refractivity contribution is 7.98. The minimum absolute atomic E-state index is 0.151. The van der Waals surface area contributed by atoms with Crippen molar-refractivity contribution in [2.45, 2.75) is 30.8 Å². The first-order valence-electron chi connectivity index (χ1n) is 7.38. The molecule has 0 bridgehead atoms. The molecule has 1 aromatic carbocycles. The van der Waals surface area contributed by atoms with Crippen molar-refractivity contribution in [2.75, 3.05) is 5.32 Å². The van der Waals surface area contributed by atoms with Gasteiger partial charge in [0, 0.05) is 23.0 Å². The van der Waals surface area contributed by atoms with Crippen molar-refractivity contribution in [1.29, 1.82) is 0 Å². The number of anilines is 1. The van der Waals surface area contributed by atoms with E-state index in [4.69, 9.17) is 5.10 Å². The van der Waals surface area contributed by atoms with Gasteiger partial charge in [-0.15, -0.1) is 0 Å². The van der Waals surface area contributed by atoms with Crippen LogP contribution in [0, 0.1) is 5.92 Å². The van der Waals surface area contributed by atoms with Gasteiger partial charge in [0.2, 0.25) is 5.91 Å². The smallest absolute Gasteiger partial charge is 0.228 e. The Labute approximate surface area is 127 Å². The molecule has 1 N–H and O–H groups in total. The molecule has 4 rings (SSSR count). The number of nitrogens with zero attached hydrogens (tertiary/aromatic N) is 2. The number of benzene rings is 1. The molecule has 1 aliphatic carbocycles. The second-order valence-corrected chi connectivity index (χ2v) is 6.62. The van der Waals surface area contributed by atoms with Crippen LogP contribution in [0.1, 0.15) is 30.5 Å². The summed E-state index contributed by atoms with van der Waals surface area (Å²) in [6.07, 6.45) is 3.20. The molecule has 2 aliphatic rings. The Morgan fingerprint density at radius 2 is 2.05 bits per heavy atom. The van der Waals surface area contributed by atoms with E-state index < -0.39 is 0 Å². The Morgan fingerprint density at radius 3 is 2.76 bits per heavy atom. The van der Waals surface area contributed by atoms with Gasteiger partial charge < -0.3 is 5.32 Å². The van der Waals surface area contributed by atoms with Gasteiger partial charge in [-0.3, -0.25) is 4.79 Å². The predicted molar refractivity (Wildman–Crippen MR) is 84.5 cm³/mol. The van der Waals surface area contributed by atoms with Gasteiger partial charge in [0.05, 0.1) is 11.4 Å². The van der Waals surface area contributed by atoms with Gasteiger partial charge in [-0.05, 0) is 25.0 Å². The molecule has 0 radical (unpaired) electrons. The first-order valence-corrected chi connectivity index (χ1v) is 8.53. The van der Waals surface area contributed by atoms with Crippen molar-refractivity contribution in [3.05, 3.63) is 41.6 Å². The minimum Gasteiger partial charge on any atom is -0.310 e. The Hall–Kier alpha value is -1.75. The molecule has 21 heavy (non-hydrogen) atoms. The standard InChI is InChI=1S/C16H17N3OS/c20-16(11-5-4-6-11)17-15-13-9-21-10-14(13)18-19(15)12-7-2-1-3-8-12/h1-3,7-8,11H,4-6,9-10H2,(H,17,20). The number of carbonyl (C=O) groups is 1. The van der Waals surface area contributed by atoms with E-state index in [9.17, 15) is 4.79 Å². The zero-order valence-corrected chi connectivity index (χ0v) is 12.5. The van der Waals surface area contributed by atoms with Crippen molar-refractivity contribution >= 4 is 23.5 Å². The number of para-hydroxylation sites is 1. The summed E-state index contributed by atoms with van der Waals surface area (Å²) in [6, 6.07) is 10.0. The Bertz CT molecular complexity index is 676. The van der Waals surface area contributed by atoms with Crippen LogP contribution in [0.5, 0.6) is 0 Å². The molecule has 1 aromatic heterocycles. The fraction of sp³-hybridized carbons (Fsp3) is 0.375. The number of carbonyl (C=O) groups excluding carboxylic acids is 1. The lowest BCUT2D eigenvalue weighted by atomic mass is 9.85. The quantitative estimate of drug-likeness (QED) is 0.945. The molecule has 2 aromatic rings. The first kappa shape index (κ1) is 13.0. The van der Waals surface area contributed by atoms with Gasteiger partial charge in [-0.1, -0.05) is 24.6 Å². The van der Waals surface area contributed by atoms with E-state index in [2.05, 4.69) is 5.32 Å². The lowest BCUT2D eigenvalue weighted by Gasteiger charge is -2.24. The summed E-state index contributed by atoms with van der Waals surface area (Å²) in [6.45, 7) is 0. The van der Waals surface area contributed by atoms with Crippen LogP contribution >= 0.6 is 11.8 Å². The number of hydrogen-bond donors (Lipinski definition) is 1. The van der Waals surface area contributed by atoms with E-state index in [1.165, 1.54) is 12.0 Å². The number of amides is 1. The second kappa shape index (κ2) is 5.22. The number of hydrogen-bond acceptors (Lipinski definition) is 3. The summed E-state index contributed by atoms with van der Waals surface area (Å²) in [5.74, 6) is 3.08. The average Bonchev–Trinajstić information content (AvgIpc) is 3.00. The number of fused-ring (bicyclic) bond motifs is 1. The lowest BCUT2D eigenvalue weighted by molar-refractivity contribution is -0.122. The summed E-state index contributed by atoms with van der Waals surface area (Å²) in [5.41, 5.74) is 3.30. The molecule has 2 heterocycles. The molecule has 0 spiro atoms. The topological polar surface area (TPSA) is 46.9 Å². The molecule has 0 saturated heterocycles. The van der Waals surface area contributed by atoms with Gasteiger partial charge in [0.1, 0.15) is 5.82 Å². The van der Waals surface area contributed by atoms with Crippen LogP contribution in [0.15, 0.2) is 30.3 Å². The van der Waals surface area contributed by atoms with Gasteiger partial charge in [-0.2, -0.15) is 16.9 Å². The van der Waals surface area contributed by atoms with Crippen LogP contribution in [0.2, 0.25) is 0 Å². The molecule has 0 atom stereocenters. The molecule has 4 nitrogen and oxygen atoms in total. The zero-order valence-electron chi connectivity index (χ0n) is 11.7. The summed E-state index contributed by atoms with van der Waals surface area (Å²) in [5, 5.41) is 7.84. The van der Waals surface area contributed by atoms with Crippen molar-refractivity contribution < 1.29 is 4.79 Å². The van der Waals surface area contributed by atoms with Crippen LogP contribution in [0.3, 0.4) is 0 Å². The third kappa shape index (κ3) is 2.25. The lowest BCUT2D eigenvalue weighted by Crippen LogP contribution is -2.29. The molecule has 108 valence electrons. The van der Waals surface area contributed by atoms with E-state index in [0.29, 0.717) is 0 Å². The molecule has 0 unspecified atom stereocenters. The average molecular weight is 299 g/mol. The van der Waals surface area contributed by atoms with Gasteiger partial charge in [-0.25, -0.2) is 4.68 Å². The SMILES string of the molecule is O=C(Nc1c2c(nn1-c1ccccc1)CSC2)C1CCC1. The molecular formula is C16H17N3OS. The number of aromatic nitrogens is 2. The highest BCUT2D eigenvalue weighted by Crippen LogP contribution is 2.37. The van der Waals surface area contributed by atoms with Gasteiger partial charge in [0.25, 0.3) is 0 Å². The van der Waals surface area contributed by atoms with Crippen LogP contribution in [-0.4, -0.2) is 15.7 Å². The van der Waals surface area contributed by atoms with Crippen LogP contribution in [0.25, 0.3) is 5.69 Å². The van der Waals surface area contributed by atoms with E-state index >= 15 is 0 Å². The molecular weight excluding hydrogens is 282 g/mol. The molecule has 5 heteroatoms. The Morgan fingerprint density at radius 1 is 1.24 bits per heavy atom. The molecule has 1 aliphatic heterocycles. The van der Waals surface area contributed by atoms with Crippen molar-refractivity contribution in [3.63, 3.8) is 0 Å². The maximum absolute atomic E-state index is 12.3. The minimum atomic E-state index is 0.151. The Kier molecular flexibility index (Phi) is 3.22. The van der Waals surface area contributed by atoms with Crippen LogP contribution in [-0.2, 0) is 16.3 Å². The molecule has 1 fully saturated rings. The molecule has 1 saturated carbocycles. The summed E-state index contributed by atoms with van der Waals surface area (Å²) in [4.78, 5) is 12.3. The summed E-state index contributed by atoms with van der Waals surface area (Å²) < 4.78 is 1.89. The Balaban J connectivity index is 1.72. The van der Waals surface area contributed by atoms with E-state index in [-0.39, 0.29) is 11.8 Å².